The SMILES string of the molecule is CCCC(C)C(CC)CCC(C)C. The molecule has 0 saturated carbocycles. The van der Waals surface area contributed by atoms with E-state index >= 15 is 0 Å². The van der Waals surface area contributed by atoms with Gasteiger partial charge in [0.15, 0.2) is 0 Å². The first-order valence-corrected chi connectivity index (χ1v) is 6.11. The molecule has 0 radical (unpaired) electrons. The van der Waals surface area contributed by atoms with Crippen LogP contribution in [-0.4, -0.2) is 0 Å². The molecule has 13 heavy (non-hydrogen) atoms. The van der Waals surface area contributed by atoms with Gasteiger partial charge in [0, 0.05) is 0 Å². The van der Waals surface area contributed by atoms with Gasteiger partial charge in [-0.15, -0.1) is 0 Å². The van der Waals surface area contributed by atoms with Gasteiger partial charge in [-0.25, -0.2) is 0 Å². The summed E-state index contributed by atoms with van der Waals surface area (Å²) in [5.41, 5.74) is 0. The van der Waals surface area contributed by atoms with Crippen LogP contribution in [0.1, 0.15) is 66.7 Å². The molecule has 0 bridgehead atoms. The molecule has 0 aromatic carbocycles. The maximum atomic E-state index is 2.43. The lowest BCUT2D eigenvalue weighted by Crippen LogP contribution is -2.11. The minimum absolute atomic E-state index is 0.878. The molecule has 0 N–H and O–H groups in total. The lowest BCUT2D eigenvalue weighted by atomic mass is 9.83. The fourth-order valence-electron chi connectivity index (χ4n) is 2.13. The van der Waals surface area contributed by atoms with Gasteiger partial charge in [0.2, 0.25) is 0 Å². The second-order valence-electron chi connectivity index (χ2n) is 4.91. The molecule has 0 aromatic rings. The summed E-state index contributed by atoms with van der Waals surface area (Å²) >= 11 is 0. The lowest BCUT2D eigenvalue weighted by molar-refractivity contribution is 0.287. The Morgan fingerprint density at radius 3 is 1.85 bits per heavy atom. The molecule has 0 aromatic heterocycles. The van der Waals surface area contributed by atoms with Crippen molar-refractivity contribution in [2.24, 2.45) is 17.8 Å². The van der Waals surface area contributed by atoms with Gasteiger partial charge in [0.1, 0.15) is 0 Å². The lowest BCUT2D eigenvalue weighted by Gasteiger charge is -2.23. The van der Waals surface area contributed by atoms with Gasteiger partial charge >= 0.3 is 0 Å². The molecule has 0 aliphatic heterocycles. The topological polar surface area (TPSA) is 0 Å². The van der Waals surface area contributed by atoms with E-state index in [1.807, 2.05) is 0 Å². The van der Waals surface area contributed by atoms with Crippen LogP contribution in [0.15, 0.2) is 0 Å². The second-order valence-corrected chi connectivity index (χ2v) is 4.91. The summed E-state index contributed by atoms with van der Waals surface area (Å²) in [5.74, 6) is 2.79. The molecule has 0 aliphatic carbocycles. The summed E-state index contributed by atoms with van der Waals surface area (Å²) in [7, 11) is 0. The van der Waals surface area contributed by atoms with Crippen molar-refractivity contribution >= 4 is 0 Å². The van der Waals surface area contributed by atoms with Gasteiger partial charge in [-0.1, -0.05) is 60.3 Å². The molecule has 0 spiro atoms. The number of rotatable bonds is 7. The molecule has 0 saturated heterocycles. The molecule has 0 rings (SSSR count). The first-order chi connectivity index (χ1) is 6.11. The highest BCUT2D eigenvalue weighted by Gasteiger charge is 2.14. The van der Waals surface area contributed by atoms with E-state index in [-0.39, 0.29) is 0 Å². The van der Waals surface area contributed by atoms with Crippen LogP contribution in [0.4, 0.5) is 0 Å². The van der Waals surface area contributed by atoms with Crippen LogP contribution in [-0.2, 0) is 0 Å². The molecule has 0 nitrogen and oxygen atoms in total. The van der Waals surface area contributed by atoms with Crippen LogP contribution in [0.3, 0.4) is 0 Å². The second kappa shape index (κ2) is 7.41. The Balaban J connectivity index is 3.73. The van der Waals surface area contributed by atoms with Crippen LogP contribution >= 0.6 is 0 Å². The van der Waals surface area contributed by atoms with E-state index in [1.165, 1.54) is 32.1 Å². The van der Waals surface area contributed by atoms with E-state index in [9.17, 15) is 0 Å². The summed E-state index contributed by atoms with van der Waals surface area (Å²) in [6.45, 7) is 11.7. The molecule has 80 valence electrons. The summed E-state index contributed by atoms with van der Waals surface area (Å²) in [4.78, 5) is 0. The standard InChI is InChI=1S/C13H28/c1-6-8-12(5)13(7-2)10-9-11(3)4/h11-13H,6-10H2,1-5H3. The van der Waals surface area contributed by atoms with Crippen molar-refractivity contribution in [2.45, 2.75) is 66.7 Å². The predicted molar refractivity (Wildman–Crippen MR) is 61.9 cm³/mol. The average molecular weight is 184 g/mol. The van der Waals surface area contributed by atoms with Crippen molar-refractivity contribution in [3.63, 3.8) is 0 Å². The minimum atomic E-state index is 0.878. The largest absolute Gasteiger partial charge is 0.0654 e. The zero-order valence-corrected chi connectivity index (χ0v) is 10.3. The van der Waals surface area contributed by atoms with Crippen LogP contribution in [0.25, 0.3) is 0 Å². The van der Waals surface area contributed by atoms with Crippen LogP contribution in [0, 0.1) is 17.8 Å². The Labute approximate surface area is 85.1 Å². The molecular weight excluding hydrogens is 156 g/mol. The van der Waals surface area contributed by atoms with E-state index in [0.29, 0.717) is 0 Å². The van der Waals surface area contributed by atoms with E-state index < -0.39 is 0 Å². The minimum Gasteiger partial charge on any atom is -0.0654 e. The van der Waals surface area contributed by atoms with Gasteiger partial charge in [-0.3, -0.25) is 0 Å². The first-order valence-electron chi connectivity index (χ1n) is 6.11. The van der Waals surface area contributed by atoms with Crippen LogP contribution < -0.4 is 0 Å². The smallest absolute Gasteiger partial charge is 0.0391 e. The highest BCUT2D eigenvalue weighted by atomic mass is 14.2. The molecule has 0 fully saturated rings. The molecule has 2 atom stereocenters. The molecule has 0 amide bonds. The summed E-state index contributed by atoms with van der Waals surface area (Å²) < 4.78 is 0. The third kappa shape index (κ3) is 6.12. The van der Waals surface area contributed by atoms with Gasteiger partial charge in [-0.05, 0) is 24.2 Å². The molecular formula is C13H28. The van der Waals surface area contributed by atoms with Crippen LogP contribution in [0.5, 0.6) is 0 Å². The zero-order valence-electron chi connectivity index (χ0n) is 10.3. The third-order valence-corrected chi connectivity index (χ3v) is 3.19. The maximum absolute atomic E-state index is 2.43. The van der Waals surface area contributed by atoms with Gasteiger partial charge in [0.25, 0.3) is 0 Å². The molecule has 0 heteroatoms. The summed E-state index contributed by atoms with van der Waals surface area (Å²) in [6, 6.07) is 0. The average Bonchev–Trinajstić information content (AvgIpc) is 2.05. The predicted octanol–water partition coefficient (Wildman–Crippen LogP) is 4.89. The van der Waals surface area contributed by atoms with Gasteiger partial charge in [0.05, 0.1) is 0 Å². The Morgan fingerprint density at radius 2 is 1.46 bits per heavy atom. The van der Waals surface area contributed by atoms with E-state index in [0.717, 1.165) is 17.8 Å². The van der Waals surface area contributed by atoms with Gasteiger partial charge in [-0.2, -0.15) is 0 Å². The maximum Gasteiger partial charge on any atom is -0.0391 e. The van der Waals surface area contributed by atoms with Crippen molar-refractivity contribution in [2.75, 3.05) is 0 Å². The van der Waals surface area contributed by atoms with Crippen molar-refractivity contribution < 1.29 is 0 Å². The highest BCUT2D eigenvalue weighted by molar-refractivity contribution is 4.65. The van der Waals surface area contributed by atoms with E-state index in [1.54, 1.807) is 0 Å². The summed E-state index contributed by atoms with van der Waals surface area (Å²) in [5, 5.41) is 0. The Kier molecular flexibility index (Phi) is 7.41. The summed E-state index contributed by atoms with van der Waals surface area (Å²) in [6.07, 6.45) is 6.98. The van der Waals surface area contributed by atoms with Crippen molar-refractivity contribution in [3.05, 3.63) is 0 Å². The van der Waals surface area contributed by atoms with E-state index in [2.05, 4.69) is 34.6 Å². The van der Waals surface area contributed by atoms with E-state index in [4.69, 9.17) is 0 Å². The number of hydrogen-bond acceptors (Lipinski definition) is 0. The van der Waals surface area contributed by atoms with Crippen LogP contribution in [0.2, 0.25) is 0 Å². The molecule has 2 unspecified atom stereocenters. The molecule has 0 aliphatic rings. The Bertz CT molecular complexity index is 105. The fourth-order valence-corrected chi connectivity index (χ4v) is 2.13. The van der Waals surface area contributed by atoms with Crippen molar-refractivity contribution in [1.82, 2.24) is 0 Å². The third-order valence-electron chi connectivity index (χ3n) is 3.19. The highest BCUT2D eigenvalue weighted by Crippen LogP contribution is 2.26. The fraction of sp³-hybridized carbons (Fsp3) is 1.00. The monoisotopic (exact) mass is 184 g/mol. The quantitative estimate of drug-likeness (QED) is 0.528. The molecule has 0 heterocycles. The Morgan fingerprint density at radius 1 is 0.846 bits per heavy atom. The van der Waals surface area contributed by atoms with Gasteiger partial charge < -0.3 is 0 Å². The Hall–Kier alpha value is 0. The van der Waals surface area contributed by atoms with Crippen molar-refractivity contribution in [1.29, 1.82) is 0 Å². The number of hydrogen-bond donors (Lipinski definition) is 0. The first kappa shape index (κ1) is 13.0. The zero-order chi connectivity index (χ0) is 10.3. The normalized spacial score (nSPS) is 16.2. The van der Waals surface area contributed by atoms with Crippen molar-refractivity contribution in [3.8, 4) is 0 Å².